The fourth-order valence-corrected chi connectivity index (χ4v) is 1.65. The van der Waals surface area contributed by atoms with Crippen LogP contribution in [0.2, 0.25) is 0 Å². The lowest BCUT2D eigenvalue weighted by Crippen LogP contribution is -1.98. The van der Waals surface area contributed by atoms with Crippen LogP contribution in [0.15, 0.2) is 30.3 Å². The third kappa shape index (κ3) is 2.58. The summed E-state index contributed by atoms with van der Waals surface area (Å²) in [6.45, 7) is 9.08. The molecule has 1 heterocycles. The van der Waals surface area contributed by atoms with E-state index in [4.69, 9.17) is 11.3 Å². The summed E-state index contributed by atoms with van der Waals surface area (Å²) in [7, 11) is 0. The van der Waals surface area contributed by atoms with Crippen molar-refractivity contribution in [3.63, 3.8) is 0 Å². The molecule has 4 nitrogen and oxygen atoms in total. The van der Waals surface area contributed by atoms with E-state index in [9.17, 15) is 4.79 Å². The van der Waals surface area contributed by atoms with Crippen LogP contribution in [0.1, 0.15) is 12.6 Å². The molecule has 0 spiro atoms. The molecule has 18 heavy (non-hydrogen) atoms. The van der Waals surface area contributed by atoms with Gasteiger partial charge in [0.2, 0.25) is 0 Å². The van der Waals surface area contributed by atoms with E-state index in [2.05, 4.69) is 9.83 Å². The minimum absolute atomic E-state index is 0.363. The summed E-state index contributed by atoms with van der Waals surface area (Å²) in [5.74, 6) is -0.363. The quantitative estimate of drug-likeness (QED) is 0.508. The van der Waals surface area contributed by atoms with Gasteiger partial charge in [0.25, 0.3) is 0 Å². The first-order chi connectivity index (χ1) is 8.72. The van der Waals surface area contributed by atoms with Gasteiger partial charge in [0, 0.05) is 17.3 Å². The van der Waals surface area contributed by atoms with Gasteiger partial charge in [0.05, 0.1) is 13.2 Å². The Morgan fingerprint density at radius 3 is 3.06 bits per heavy atom. The molecule has 4 heteroatoms. The lowest BCUT2D eigenvalue weighted by atomic mass is 10.2. The SMILES string of the molecule is [C-]#[N+]c1ccc2[nH]c(C=CC(=O)OCC)cc2c1. The summed E-state index contributed by atoms with van der Waals surface area (Å²) in [6, 6.07) is 7.30. The normalized spacial score (nSPS) is 10.7. The van der Waals surface area contributed by atoms with E-state index in [1.165, 1.54) is 6.08 Å². The number of rotatable bonds is 3. The van der Waals surface area contributed by atoms with Gasteiger partial charge in [-0.15, -0.1) is 0 Å². The molecular weight excluding hydrogens is 228 g/mol. The van der Waals surface area contributed by atoms with Crippen LogP contribution in [0, 0.1) is 6.57 Å². The molecule has 0 aliphatic carbocycles. The molecule has 90 valence electrons. The van der Waals surface area contributed by atoms with Crippen molar-refractivity contribution in [2.75, 3.05) is 6.61 Å². The molecule has 0 unspecified atom stereocenters. The molecule has 0 saturated heterocycles. The van der Waals surface area contributed by atoms with Gasteiger partial charge in [0.1, 0.15) is 0 Å². The van der Waals surface area contributed by atoms with Crippen LogP contribution in [0.25, 0.3) is 21.8 Å². The number of aromatic nitrogens is 1. The van der Waals surface area contributed by atoms with E-state index in [1.807, 2.05) is 12.1 Å². The molecule has 0 aliphatic heterocycles. The van der Waals surface area contributed by atoms with Crippen LogP contribution in [0.4, 0.5) is 5.69 Å². The first kappa shape index (κ1) is 11.9. The van der Waals surface area contributed by atoms with Crippen molar-refractivity contribution in [3.05, 3.63) is 47.5 Å². The minimum Gasteiger partial charge on any atom is -0.463 e. The summed E-state index contributed by atoms with van der Waals surface area (Å²) in [5, 5.41) is 0.951. The van der Waals surface area contributed by atoms with Crippen molar-refractivity contribution in [2.45, 2.75) is 6.92 Å². The van der Waals surface area contributed by atoms with Crippen LogP contribution in [0.5, 0.6) is 0 Å². The summed E-state index contributed by atoms with van der Waals surface area (Å²) in [4.78, 5) is 17.7. The Labute approximate surface area is 105 Å². The molecule has 0 bridgehead atoms. The fourth-order valence-electron chi connectivity index (χ4n) is 1.65. The highest BCUT2D eigenvalue weighted by atomic mass is 16.5. The van der Waals surface area contributed by atoms with Crippen molar-refractivity contribution in [3.8, 4) is 0 Å². The molecular formula is C14H12N2O2. The maximum atomic E-state index is 11.2. The number of nitrogens with one attached hydrogen (secondary N) is 1. The Bertz CT molecular complexity index is 647. The molecule has 0 aliphatic rings. The molecule has 0 atom stereocenters. The second-order valence-electron chi connectivity index (χ2n) is 3.69. The Hall–Kier alpha value is -2.54. The fraction of sp³-hybridized carbons (Fsp3) is 0.143. The number of H-pyrrole nitrogens is 1. The first-order valence-electron chi connectivity index (χ1n) is 5.58. The summed E-state index contributed by atoms with van der Waals surface area (Å²) < 4.78 is 4.79. The highest BCUT2D eigenvalue weighted by Crippen LogP contribution is 2.22. The number of ether oxygens (including phenoxy) is 1. The number of fused-ring (bicyclic) bond motifs is 1. The highest BCUT2D eigenvalue weighted by molar-refractivity contribution is 5.90. The monoisotopic (exact) mass is 240 g/mol. The largest absolute Gasteiger partial charge is 0.463 e. The number of benzene rings is 1. The topological polar surface area (TPSA) is 46.5 Å². The Morgan fingerprint density at radius 1 is 1.50 bits per heavy atom. The van der Waals surface area contributed by atoms with Gasteiger partial charge in [-0.2, -0.15) is 0 Å². The Kier molecular flexibility index (Phi) is 3.44. The zero-order valence-electron chi connectivity index (χ0n) is 9.93. The lowest BCUT2D eigenvalue weighted by molar-refractivity contribution is -0.137. The van der Waals surface area contributed by atoms with E-state index >= 15 is 0 Å². The van der Waals surface area contributed by atoms with Gasteiger partial charge in [-0.25, -0.2) is 9.64 Å². The van der Waals surface area contributed by atoms with E-state index < -0.39 is 0 Å². The van der Waals surface area contributed by atoms with Gasteiger partial charge in [0.15, 0.2) is 5.69 Å². The van der Waals surface area contributed by atoms with Gasteiger partial charge >= 0.3 is 5.97 Å². The van der Waals surface area contributed by atoms with E-state index in [-0.39, 0.29) is 5.97 Å². The molecule has 0 saturated carbocycles. The summed E-state index contributed by atoms with van der Waals surface area (Å²) in [6.07, 6.45) is 3.04. The molecule has 1 aromatic carbocycles. The van der Waals surface area contributed by atoms with Gasteiger partial charge in [-0.3, -0.25) is 0 Å². The standard InChI is InChI=1S/C14H12N2O2/c1-3-18-14(17)7-5-12-9-10-8-11(15-2)4-6-13(10)16-12/h4-9,16H,3H2,1H3. The number of hydrogen-bond donors (Lipinski definition) is 1. The third-order valence-corrected chi connectivity index (χ3v) is 2.44. The van der Waals surface area contributed by atoms with Crippen molar-refractivity contribution in [1.82, 2.24) is 4.98 Å². The number of carbonyl (C=O) groups is 1. The zero-order valence-corrected chi connectivity index (χ0v) is 9.93. The smallest absolute Gasteiger partial charge is 0.330 e. The van der Waals surface area contributed by atoms with E-state index in [1.54, 1.807) is 25.1 Å². The molecule has 0 fully saturated rings. The number of carbonyl (C=O) groups excluding carboxylic acids is 1. The third-order valence-electron chi connectivity index (χ3n) is 2.44. The molecule has 1 aromatic heterocycles. The van der Waals surface area contributed by atoms with Gasteiger partial charge in [-0.1, -0.05) is 6.07 Å². The number of aromatic amines is 1. The van der Waals surface area contributed by atoms with Crippen molar-refractivity contribution in [1.29, 1.82) is 0 Å². The second kappa shape index (κ2) is 5.19. The van der Waals surface area contributed by atoms with E-state index in [0.29, 0.717) is 12.3 Å². The molecule has 1 N–H and O–H groups in total. The predicted molar refractivity (Wildman–Crippen MR) is 70.2 cm³/mol. The number of esters is 1. The lowest BCUT2D eigenvalue weighted by Gasteiger charge is -1.93. The maximum absolute atomic E-state index is 11.2. The molecule has 0 radical (unpaired) electrons. The second-order valence-corrected chi connectivity index (χ2v) is 3.69. The van der Waals surface area contributed by atoms with Crippen LogP contribution in [-0.2, 0) is 9.53 Å². The predicted octanol–water partition coefficient (Wildman–Crippen LogP) is 3.29. The number of hydrogen-bond acceptors (Lipinski definition) is 2. The summed E-state index contributed by atoms with van der Waals surface area (Å²) in [5.41, 5.74) is 2.34. The van der Waals surface area contributed by atoms with Crippen LogP contribution in [-0.4, -0.2) is 17.6 Å². The van der Waals surface area contributed by atoms with Crippen molar-refractivity contribution in [2.24, 2.45) is 0 Å². The highest BCUT2D eigenvalue weighted by Gasteiger charge is 2.00. The van der Waals surface area contributed by atoms with Crippen LogP contribution < -0.4 is 0 Å². The molecule has 2 rings (SSSR count). The Morgan fingerprint density at radius 2 is 2.33 bits per heavy atom. The molecule has 2 aromatic rings. The van der Waals surface area contributed by atoms with Gasteiger partial charge < -0.3 is 9.72 Å². The molecule has 0 amide bonds. The average molecular weight is 240 g/mol. The van der Waals surface area contributed by atoms with E-state index in [0.717, 1.165) is 16.6 Å². The van der Waals surface area contributed by atoms with Crippen molar-refractivity contribution >= 4 is 28.6 Å². The summed E-state index contributed by atoms with van der Waals surface area (Å²) >= 11 is 0. The van der Waals surface area contributed by atoms with Gasteiger partial charge in [-0.05, 0) is 36.6 Å². The first-order valence-corrected chi connectivity index (χ1v) is 5.58. The van der Waals surface area contributed by atoms with Crippen LogP contribution in [0.3, 0.4) is 0 Å². The maximum Gasteiger partial charge on any atom is 0.330 e. The zero-order chi connectivity index (χ0) is 13.0. The number of nitrogens with zero attached hydrogens (tertiary/aromatic N) is 1. The van der Waals surface area contributed by atoms with Crippen molar-refractivity contribution < 1.29 is 9.53 Å². The minimum atomic E-state index is -0.363. The average Bonchev–Trinajstić information content (AvgIpc) is 2.78. The Balaban J connectivity index is 2.25. The van der Waals surface area contributed by atoms with Crippen LogP contribution >= 0.6 is 0 Å².